The second-order valence-electron chi connectivity index (χ2n) is 3.47. The molecule has 2 nitrogen and oxygen atoms in total. The highest BCUT2D eigenvalue weighted by atomic mass is 16.5. The second kappa shape index (κ2) is 3.26. The van der Waals surface area contributed by atoms with E-state index < -0.39 is 0 Å². The quantitative estimate of drug-likeness (QED) is 0.635. The second-order valence-corrected chi connectivity index (χ2v) is 3.47. The summed E-state index contributed by atoms with van der Waals surface area (Å²) < 4.78 is 5.51. The molecule has 1 aliphatic carbocycles. The molecule has 1 N–H and O–H groups in total. The molecule has 0 aromatic heterocycles. The summed E-state index contributed by atoms with van der Waals surface area (Å²) in [6.45, 7) is 7.55. The molecule has 0 aliphatic heterocycles. The monoisotopic (exact) mass is 156 g/mol. The van der Waals surface area contributed by atoms with Crippen LogP contribution in [0.15, 0.2) is 12.3 Å². The van der Waals surface area contributed by atoms with Crippen molar-refractivity contribution in [3.05, 3.63) is 12.3 Å². The van der Waals surface area contributed by atoms with E-state index in [1.54, 1.807) is 0 Å². The smallest absolute Gasteiger partial charge is 0.0883 e. The lowest BCUT2D eigenvalue weighted by Crippen LogP contribution is -2.34. The van der Waals surface area contributed by atoms with Gasteiger partial charge < -0.3 is 9.84 Å². The summed E-state index contributed by atoms with van der Waals surface area (Å²) in [5, 5.41) is 8.97. The van der Waals surface area contributed by atoms with Crippen LogP contribution >= 0.6 is 0 Å². The van der Waals surface area contributed by atoms with Crippen molar-refractivity contribution in [1.29, 1.82) is 0 Å². The number of aliphatic hydroxyl groups excluding tert-OH is 1. The molecule has 1 saturated carbocycles. The first-order chi connectivity index (χ1) is 5.09. The van der Waals surface area contributed by atoms with E-state index in [2.05, 4.69) is 6.58 Å². The fourth-order valence-electron chi connectivity index (χ4n) is 1.33. The third kappa shape index (κ3) is 2.22. The molecular weight excluding hydrogens is 140 g/mol. The molecule has 0 aromatic carbocycles. The van der Waals surface area contributed by atoms with Crippen LogP contribution in [0.3, 0.4) is 0 Å². The number of allylic oxidation sites excluding steroid dienone is 1. The van der Waals surface area contributed by atoms with E-state index in [-0.39, 0.29) is 0 Å². The maximum absolute atomic E-state index is 8.97. The van der Waals surface area contributed by atoms with Crippen LogP contribution in [0.2, 0.25) is 0 Å². The predicted molar refractivity (Wildman–Crippen MR) is 44.5 cm³/mol. The standard InChI is InChI=1S/C9H16O2/c1-6(2)11-9-4-8(5-9)7(3)10/h6,8-10H,3-5H2,1-2H3. The third-order valence-electron chi connectivity index (χ3n) is 2.03. The van der Waals surface area contributed by atoms with Crippen molar-refractivity contribution < 1.29 is 9.84 Å². The van der Waals surface area contributed by atoms with Crippen LogP contribution in [0.5, 0.6) is 0 Å². The van der Waals surface area contributed by atoms with E-state index in [0.29, 0.717) is 23.9 Å². The highest BCUT2D eigenvalue weighted by Gasteiger charge is 2.32. The van der Waals surface area contributed by atoms with Crippen molar-refractivity contribution in [3.63, 3.8) is 0 Å². The van der Waals surface area contributed by atoms with Crippen LogP contribution in [0.4, 0.5) is 0 Å². The zero-order chi connectivity index (χ0) is 8.43. The summed E-state index contributed by atoms with van der Waals surface area (Å²) in [4.78, 5) is 0. The fraction of sp³-hybridized carbons (Fsp3) is 0.778. The van der Waals surface area contributed by atoms with Gasteiger partial charge in [-0.15, -0.1) is 0 Å². The van der Waals surface area contributed by atoms with Gasteiger partial charge in [0.2, 0.25) is 0 Å². The summed E-state index contributed by atoms with van der Waals surface area (Å²) in [7, 11) is 0. The molecule has 0 aromatic rings. The molecule has 0 atom stereocenters. The molecule has 1 rings (SSSR count). The van der Waals surface area contributed by atoms with E-state index in [4.69, 9.17) is 9.84 Å². The highest BCUT2D eigenvalue weighted by Crippen LogP contribution is 2.34. The molecule has 1 fully saturated rings. The Bertz CT molecular complexity index is 146. The van der Waals surface area contributed by atoms with E-state index in [9.17, 15) is 0 Å². The molecular formula is C9H16O2. The summed E-state index contributed by atoms with van der Waals surface area (Å²) in [6, 6.07) is 0. The van der Waals surface area contributed by atoms with Crippen LogP contribution in [0.1, 0.15) is 26.7 Å². The largest absolute Gasteiger partial charge is 0.513 e. The van der Waals surface area contributed by atoms with Crippen LogP contribution in [0.25, 0.3) is 0 Å². The van der Waals surface area contributed by atoms with Crippen LogP contribution in [-0.2, 0) is 4.74 Å². The normalized spacial score (nSPS) is 30.1. The number of rotatable bonds is 3. The zero-order valence-electron chi connectivity index (χ0n) is 7.21. The van der Waals surface area contributed by atoms with Crippen molar-refractivity contribution in [3.8, 4) is 0 Å². The van der Waals surface area contributed by atoms with Crippen molar-refractivity contribution >= 4 is 0 Å². The Morgan fingerprint density at radius 1 is 1.55 bits per heavy atom. The minimum Gasteiger partial charge on any atom is -0.513 e. The van der Waals surface area contributed by atoms with Gasteiger partial charge in [0.15, 0.2) is 0 Å². The Balaban J connectivity index is 2.14. The summed E-state index contributed by atoms with van der Waals surface area (Å²) in [5.41, 5.74) is 0. The Morgan fingerprint density at radius 3 is 2.45 bits per heavy atom. The first-order valence-electron chi connectivity index (χ1n) is 4.12. The molecule has 0 amide bonds. The Hall–Kier alpha value is -0.500. The van der Waals surface area contributed by atoms with Gasteiger partial charge in [0, 0.05) is 5.92 Å². The predicted octanol–water partition coefficient (Wildman–Crippen LogP) is 2.26. The van der Waals surface area contributed by atoms with Crippen molar-refractivity contribution in [2.24, 2.45) is 5.92 Å². The van der Waals surface area contributed by atoms with Gasteiger partial charge in [-0.25, -0.2) is 0 Å². The van der Waals surface area contributed by atoms with E-state index >= 15 is 0 Å². The van der Waals surface area contributed by atoms with Gasteiger partial charge >= 0.3 is 0 Å². The van der Waals surface area contributed by atoms with Crippen LogP contribution < -0.4 is 0 Å². The molecule has 0 spiro atoms. The lowest BCUT2D eigenvalue weighted by Gasteiger charge is -2.35. The Kier molecular flexibility index (Phi) is 2.55. The van der Waals surface area contributed by atoms with E-state index in [1.807, 2.05) is 13.8 Å². The van der Waals surface area contributed by atoms with Gasteiger partial charge in [-0.05, 0) is 26.7 Å². The van der Waals surface area contributed by atoms with Gasteiger partial charge in [0.1, 0.15) is 0 Å². The number of aliphatic hydroxyl groups is 1. The molecule has 0 saturated heterocycles. The molecule has 64 valence electrons. The van der Waals surface area contributed by atoms with Crippen molar-refractivity contribution in [1.82, 2.24) is 0 Å². The Morgan fingerprint density at radius 2 is 2.09 bits per heavy atom. The first kappa shape index (κ1) is 8.60. The van der Waals surface area contributed by atoms with Gasteiger partial charge in [-0.3, -0.25) is 0 Å². The highest BCUT2D eigenvalue weighted by molar-refractivity contribution is 4.98. The summed E-state index contributed by atoms with van der Waals surface area (Å²) >= 11 is 0. The zero-order valence-corrected chi connectivity index (χ0v) is 7.21. The molecule has 2 heteroatoms. The van der Waals surface area contributed by atoms with Crippen LogP contribution in [0, 0.1) is 5.92 Å². The maximum atomic E-state index is 8.97. The van der Waals surface area contributed by atoms with Gasteiger partial charge in [-0.2, -0.15) is 0 Å². The summed E-state index contributed by atoms with van der Waals surface area (Å²) in [6.07, 6.45) is 2.53. The minimum atomic E-state index is 0.291. The first-order valence-corrected chi connectivity index (χ1v) is 4.12. The lowest BCUT2D eigenvalue weighted by molar-refractivity contribution is -0.0606. The topological polar surface area (TPSA) is 29.5 Å². The average Bonchev–Trinajstić information content (AvgIpc) is 1.75. The van der Waals surface area contributed by atoms with Gasteiger partial charge in [0.05, 0.1) is 18.0 Å². The maximum Gasteiger partial charge on any atom is 0.0883 e. The molecule has 0 unspecified atom stereocenters. The van der Waals surface area contributed by atoms with E-state index in [1.165, 1.54) is 0 Å². The number of hydrogen-bond donors (Lipinski definition) is 1. The Labute approximate surface area is 67.9 Å². The molecule has 0 heterocycles. The minimum absolute atomic E-state index is 0.291. The number of ether oxygens (including phenoxy) is 1. The fourth-order valence-corrected chi connectivity index (χ4v) is 1.33. The van der Waals surface area contributed by atoms with Gasteiger partial charge in [0.25, 0.3) is 0 Å². The SMILES string of the molecule is C=C(O)C1CC(OC(C)C)C1. The molecule has 0 bridgehead atoms. The lowest BCUT2D eigenvalue weighted by atomic mass is 9.81. The van der Waals surface area contributed by atoms with Crippen molar-refractivity contribution in [2.75, 3.05) is 0 Å². The number of hydrogen-bond acceptors (Lipinski definition) is 2. The molecule has 1 aliphatic rings. The molecule has 0 radical (unpaired) electrons. The molecule has 11 heavy (non-hydrogen) atoms. The summed E-state index contributed by atoms with van der Waals surface area (Å²) in [5.74, 6) is 0.604. The van der Waals surface area contributed by atoms with Crippen LogP contribution in [-0.4, -0.2) is 17.3 Å². The van der Waals surface area contributed by atoms with E-state index in [0.717, 1.165) is 12.8 Å². The third-order valence-corrected chi connectivity index (χ3v) is 2.03. The van der Waals surface area contributed by atoms with Crippen molar-refractivity contribution in [2.45, 2.75) is 38.9 Å². The van der Waals surface area contributed by atoms with Gasteiger partial charge in [-0.1, -0.05) is 6.58 Å². The average molecular weight is 156 g/mol.